The fourth-order valence-electron chi connectivity index (χ4n) is 3.36. The maximum atomic E-state index is 12.7. The average Bonchev–Trinajstić information content (AvgIpc) is 2.98. The van der Waals surface area contributed by atoms with Crippen molar-refractivity contribution in [3.8, 4) is 0 Å². The van der Waals surface area contributed by atoms with Gasteiger partial charge in [0.25, 0.3) is 0 Å². The molecule has 21 heavy (non-hydrogen) atoms. The van der Waals surface area contributed by atoms with E-state index in [0.29, 0.717) is 5.41 Å². The van der Waals surface area contributed by atoms with Crippen LogP contribution in [0, 0.1) is 11.3 Å². The van der Waals surface area contributed by atoms with Crippen molar-refractivity contribution < 1.29 is 4.79 Å². The Bertz CT molecular complexity index is 467. The average molecular weight is 288 g/mol. The molecule has 1 aliphatic rings. The first-order chi connectivity index (χ1) is 10.0. The smallest absolute Gasteiger partial charge is 0.227 e. The molecule has 116 valence electrons. The van der Waals surface area contributed by atoms with Crippen molar-refractivity contribution in [1.29, 1.82) is 0 Å². The van der Waals surface area contributed by atoms with E-state index >= 15 is 0 Å². The Morgan fingerprint density at radius 1 is 1.29 bits per heavy atom. The van der Waals surface area contributed by atoms with E-state index in [9.17, 15) is 4.79 Å². The Labute approximate surface area is 128 Å². The molecule has 0 radical (unpaired) electrons. The summed E-state index contributed by atoms with van der Waals surface area (Å²) >= 11 is 0. The summed E-state index contributed by atoms with van der Waals surface area (Å²) in [6.45, 7) is 8.20. The molecule has 0 aromatic heterocycles. The summed E-state index contributed by atoms with van der Waals surface area (Å²) in [5.41, 5.74) is 7.65. The molecule has 1 amide bonds. The Kier molecular flexibility index (Phi) is 5.04. The van der Waals surface area contributed by atoms with E-state index in [0.717, 1.165) is 37.9 Å². The quantitative estimate of drug-likeness (QED) is 0.903. The Balaban J connectivity index is 2.04. The largest absolute Gasteiger partial charge is 0.342 e. The highest BCUT2D eigenvalue weighted by Crippen LogP contribution is 2.38. The summed E-state index contributed by atoms with van der Waals surface area (Å²) in [5.74, 6) is 0.0343. The van der Waals surface area contributed by atoms with Crippen LogP contribution in [0.2, 0.25) is 0 Å². The molecule has 2 N–H and O–H groups in total. The fourth-order valence-corrected chi connectivity index (χ4v) is 3.36. The van der Waals surface area contributed by atoms with Gasteiger partial charge in [-0.3, -0.25) is 4.79 Å². The van der Waals surface area contributed by atoms with Crippen molar-refractivity contribution in [2.24, 2.45) is 17.1 Å². The van der Waals surface area contributed by atoms with Crippen LogP contribution in [0.5, 0.6) is 0 Å². The number of benzene rings is 1. The zero-order valence-electron chi connectivity index (χ0n) is 13.5. The number of carbonyl (C=O) groups is 1. The second-order valence-electron chi connectivity index (χ2n) is 6.44. The first-order valence-electron chi connectivity index (χ1n) is 8.12. The van der Waals surface area contributed by atoms with Crippen LogP contribution in [0.1, 0.15) is 51.6 Å². The number of rotatable bonds is 5. The summed E-state index contributed by atoms with van der Waals surface area (Å²) in [7, 11) is 0. The van der Waals surface area contributed by atoms with Gasteiger partial charge in [-0.1, -0.05) is 51.1 Å². The topological polar surface area (TPSA) is 46.3 Å². The molecule has 1 heterocycles. The van der Waals surface area contributed by atoms with Crippen LogP contribution in [-0.4, -0.2) is 23.9 Å². The summed E-state index contributed by atoms with van der Waals surface area (Å²) in [6, 6.07) is 9.70. The molecule has 1 aromatic carbocycles. The highest BCUT2D eigenvalue weighted by molar-refractivity contribution is 5.79. The molecule has 0 spiro atoms. The molecule has 0 saturated carbocycles. The molecule has 3 heteroatoms. The van der Waals surface area contributed by atoms with E-state index in [-0.39, 0.29) is 17.9 Å². The molecule has 1 fully saturated rings. The molecule has 2 atom stereocenters. The monoisotopic (exact) mass is 288 g/mol. The highest BCUT2D eigenvalue weighted by Gasteiger charge is 2.39. The van der Waals surface area contributed by atoms with Gasteiger partial charge in [-0.25, -0.2) is 0 Å². The molecular formula is C18H28N2O. The summed E-state index contributed by atoms with van der Waals surface area (Å²) < 4.78 is 0. The highest BCUT2D eigenvalue weighted by atomic mass is 16.2. The second-order valence-corrected chi connectivity index (χ2v) is 6.44. The lowest BCUT2D eigenvalue weighted by Gasteiger charge is -2.29. The first kappa shape index (κ1) is 16.0. The molecule has 2 rings (SSSR count). The third-order valence-corrected chi connectivity index (χ3v) is 5.36. The van der Waals surface area contributed by atoms with Crippen LogP contribution < -0.4 is 5.73 Å². The SMILES string of the molecule is CCC1(CC)CCN(C(=O)C(C)C(N)c2ccccc2)C1. The number of nitrogens with two attached hydrogens (primary N) is 1. The fraction of sp³-hybridized carbons (Fsp3) is 0.611. The lowest BCUT2D eigenvalue weighted by molar-refractivity contribution is -0.135. The van der Waals surface area contributed by atoms with Crippen LogP contribution in [0.4, 0.5) is 0 Å². The lowest BCUT2D eigenvalue weighted by atomic mass is 9.82. The number of carbonyl (C=O) groups excluding carboxylic acids is 1. The van der Waals surface area contributed by atoms with Gasteiger partial charge >= 0.3 is 0 Å². The maximum absolute atomic E-state index is 12.7. The molecule has 3 nitrogen and oxygen atoms in total. The molecular weight excluding hydrogens is 260 g/mol. The van der Waals surface area contributed by atoms with E-state index in [1.807, 2.05) is 42.2 Å². The van der Waals surface area contributed by atoms with Crippen molar-refractivity contribution in [2.45, 2.75) is 46.1 Å². The molecule has 0 bridgehead atoms. The summed E-state index contributed by atoms with van der Waals surface area (Å²) in [5, 5.41) is 0. The normalized spacial score (nSPS) is 20.3. The Hall–Kier alpha value is -1.35. The number of amides is 1. The minimum atomic E-state index is -0.225. The molecule has 1 saturated heterocycles. The third kappa shape index (κ3) is 3.29. The predicted molar refractivity (Wildman–Crippen MR) is 86.7 cm³/mol. The summed E-state index contributed by atoms with van der Waals surface area (Å²) in [6.07, 6.45) is 3.41. The van der Waals surface area contributed by atoms with Gasteiger partial charge in [-0.05, 0) is 30.2 Å². The second kappa shape index (κ2) is 6.61. The van der Waals surface area contributed by atoms with Crippen molar-refractivity contribution in [1.82, 2.24) is 4.90 Å². The third-order valence-electron chi connectivity index (χ3n) is 5.36. The number of nitrogens with zero attached hydrogens (tertiary/aromatic N) is 1. The Morgan fingerprint density at radius 2 is 1.90 bits per heavy atom. The van der Waals surface area contributed by atoms with Gasteiger partial charge in [0, 0.05) is 19.1 Å². The zero-order valence-corrected chi connectivity index (χ0v) is 13.5. The minimum Gasteiger partial charge on any atom is -0.342 e. The van der Waals surface area contributed by atoms with Gasteiger partial charge in [-0.2, -0.15) is 0 Å². The standard InChI is InChI=1S/C18H28N2O/c1-4-18(5-2)11-12-20(13-18)17(21)14(3)16(19)15-9-7-6-8-10-15/h6-10,14,16H,4-5,11-13,19H2,1-3H3. The van der Waals surface area contributed by atoms with E-state index < -0.39 is 0 Å². The van der Waals surface area contributed by atoms with Gasteiger partial charge in [0.1, 0.15) is 0 Å². The van der Waals surface area contributed by atoms with E-state index in [1.165, 1.54) is 0 Å². The van der Waals surface area contributed by atoms with E-state index in [2.05, 4.69) is 13.8 Å². The van der Waals surface area contributed by atoms with Crippen LogP contribution >= 0.6 is 0 Å². The number of hydrogen-bond acceptors (Lipinski definition) is 2. The first-order valence-corrected chi connectivity index (χ1v) is 8.12. The van der Waals surface area contributed by atoms with E-state index in [1.54, 1.807) is 0 Å². The molecule has 2 unspecified atom stereocenters. The van der Waals surface area contributed by atoms with Crippen LogP contribution in [0.25, 0.3) is 0 Å². The van der Waals surface area contributed by atoms with E-state index in [4.69, 9.17) is 5.73 Å². The van der Waals surface area contributed by atoms with Gasteiger partial charge < -0.3 is 10.6 Å². The van der Waals surface area contributed by atoms with Crippen LogP contribution in [-0.2, 0) is 4.79 Å². The predicted octanol–water partition coefficient (Wildman–Crippen LogP) is 3.36. The van der Waals surface area contributed by atoms with Gasteiger partial charge in [0.15, 0.2) is 0 Å². The van der Waals surface area contributed by atoms with Gasteiger partial charge in [0.05, 0.1) is 5.92 Å². The van der Waals surface area contributed by atoms with Crippen molar-refractivity contribution in [2.75, 3.05) is 13.1 Å². The maximum Gasteiger partial charge on any atom is 0.227 e. The molecule has 1 aromatic rings. The van der Waals surface area contributed by atoms with Gasteiger partial charge in [0.2, 0.25) is 5.91 Å². The number of hydrogen-bond donors (Lipinski definition) is 1. The summed E-state index contributed by atoms with van der Waals surface area (Å²) in [4.78, 5) is 14.8. The lowest BCUT2D eigenvalue weighted by Crippen LogP contribution is -2.39. The van der Waals surface area contributed by atoms with Crippen LogP contribution in [0.15, 0.2) is 30.3 Å². The van der Waals surface area contributed by atoms with Crippen molar-refractivity contribution >= 4 is 5.91 Å². The van der Waals surface area contributed by atoms with Crippen LogP contribution in [0.3, 0.4) is 0 Å². The Morgan fingerprint density at radius 3 is 2.43 bits per heavy atom. The van der Waals surface area contributed by atoms with Gasteiger partial charge in [-0.15, -0.1) is 0 Å². The zero-order chi connectivity index (χ0) is 15.5. The molecule has 0 aliphatic carbocycles. The van der Waals surface area contributed by atoms with Crippen molar-refractivity contribution in [3.63, 3.8) is 0 Å². The molecule has 1 aliphatic heterocycles. The number of likely N-dealkylation sites (tertiary alicyclic amines) is 1. The minimum absolute atomic E-state index is 0.170. The van der Waals surface area contributed by atoms with Crippen molar-refractivity contribution in [3.05, 3.63) is 35.9 Å².